The largest absolute Gasteiger partial charge is 0.469 e. The van der Waals surface area contributed by atoms with E-state index in [4.69, 9.17) is 4.74 Å². The van der Waals surface area contributed by atoms with Gasteiger partial charge in [-0.15, -0.1) is 0 Å². The Morgan fingerprint density at radius 1 is 1.37 bits per heavy atom. The van der Waals surface area contributed by atoms with Crippen LogP contribution in [0.25, 0.3) is 0 Å². The Balaban J connectivity index is 2.63. The van der Waals surface area contributed by atoms with Crippen molar-refractivity contribution in [2.24, 2.45) is 0 Å². The number of carbonyl (C=O) groups excluding carboxylic acids is 2. The van der Waals surface area contributed by atoms with Gasteiger partial charge in [0.15, 0.2) is 0 Å². The van der Waals surface area contributed by atoms with Crippen molar-refractivity contribution in [3.8, 4) is 0 Å². The molecule has 1 heterocycles. The molecule has 1 unspecified atom stereocenters. The second-order valence-electron chi connectivity index (χ2n) is 3.73. The molecule has 0 spiro atoms. The van der Waals surface area contributed by atoms with Crippen LogP contribution in [0, 0.1) is 0 Å². The lowest BCUT2D eigenvalue weighted by Crippen LogP contribution is -2.51. The molecule has 9 nitrogen and oxygen atoms in total. The Labute approximate surface area is 111 Å². The molecule has 0 aromatic heterocycles. The number of nitrogens with zero attached hydrogens (tertiary/aromatic N) is 1. The number of methoxy groups -OCH3 is 2. The summed E-state index contributed by atoms with van der Waals surface area (Å²) in [6, 6.07) is 0. The Morgan fingerprint density at radius 2 is 2.05 bits per heavy atom. The lowest BCUT2D eigenvalue weighted by molar-refractivity contribution is -0.145. The molecule has 0 aromatic rings. The Bertz CT molecular complexity index is 436. The summed E-state index contributed by atoms with van der Waals surface area (Å²) in [5.74, 6) is -0.495. The van der Waals surface area contributed by atoms with Crippen molar-refractivity contribution < 1.29 is 32.2 Å². The van der Waals surface area contributed by atoms with Gasteiger partial charge in [0.05, 0.1) is 33.4 Å². The van der Waals surface area contributed by atoms with E-state index in [-0.39, 0.29) is 26.1 Å². The summed E-state index contributed by atoms with van der Waals surface area (Å²) < 4.78 is 40.3. The predicted molar refractivity (Wildman–Crippen MR) is 62.4 cm³/mol. The third kappa shape index (κ3) is 4.65. The Morgan fingerprint density at radius 3 is 2.63 bits per heavy atom. The highest BCUT2D eigenvalue weighted by atomic mass is 32.2. The van der Waals surface area contributed by atoms with Gasteiger partial charge in [-0.1, -0.05) is 0 Å². The summed E-state index contributed by atoms with van der Waals surface area (Å²) in [7, 11) is -1.70. The lowest BCUT2D eigenvalue weighted by Gasteiger charge is -2.31. The lowest BCUT2D eigenvalue weighted by atomic mass is 10.2. The van der Waals surface area contributed by atoms with E-state index in [1.54, 1.807) is 4.72 Å². The van der Waals surface area contributed by atoms with Gasteiger partial charge in [0.1, 0.15) is 0 Å². The second kappa shape index (κ2) is 6.68. The minimum absolute atomic E-state index is 0.0403. The number of ether oxygens (including phenoxy) is 3. The second-order valence-corrected chi connectivity index (χ2v) is 5.40. The molecule has 10 heteroatoms. The van der Waals surface area contributed by atoms with Crippen LogP contribution >= 0.6 is 0 Å². The molecular weight excluding hydrogens is 280 g/mol. The quantitative estimate of drug-likeness (QED) is 0.652. The molecule has 0 aromatic carbocycles. The highest BCUT2D eigenvalue weighted by molar-refractivity contribution is 7.87. The zero-order chi connectivity index (χ0) is 14.5. The van der Waals surface area contributed by atoms with Crippen LogP contribution < -0.4 is 4.72 Å². The number of carbonyl (C=O) groups is 2. The van der Waals surface area contributed by atoms with Crippen LogP contribution in [0.2, 0.25) is 0 Å². The van der Waals surface area contributed by atoms with E-state index < -0.39 is 28.4 Å². The number of nitrogens with one attached hydrogen (secondary N) is 1. The van der Waals surface area contributed by atoms with Crippen molar-refractivity contribution in [3.63, 3.8) is 0 Å². The van der Waals surface area contributed by atoms with E-state index in [0.29, 0.717) is 0 Å². The van der Waals surface area contributed by atoms with E-state index in [1.165, 1.54) is 7.11 Å². The van der Waals surface area contributed by atoms with E-state index in [1.807, 2.05) is 0 Å². The fourth-order valence-electron chi connectivity index (χ4n) is 1.51. The molecule has 1 amide bonds. The maximum atomic E-state index is 11.8. The summed E-state index contributed by atoms with van der Waals surface area (Å²) in [6.45, 7) is 0.176. The molecule has 0 bridgehead atoms. The van der Waals surface area contributed by atoms with Crippen molar-refractivity contribution >= 4 is 22.3 Å². The van der Waals surface area contributed by atoms with Crippen molar-refractivity contribution in [3.05, 3.63) is 0 Å². The van der Waals surface area contributed by atoms with E-state index in [2.05, 4.69) is 9.47 Å². The van der Waals surface area contributed by atoms with Crippen LogP contribution in [0.5, 0.6) is 0 Å². The summed E-state index contributed by atoms with van der Waals surface area (Å²) in [4.78, 5) is 22.0. The zero-order valence-corrected chi connectivity index (χ0v) is 11.4. The molecule has 110 valence electrons. The van der Waals surface area contributed by atoms with Crippen molar-refractivity contribution in [1.29, 1.82) is 0 Å². The van der Waals surface area contributed by atoms with Crippen LogP contribution in [0.15, 0.2) is 0 Å². The molecule has 1 aliphatic heterocycles. The third-order valence-corrected chi connectivity index (χ3v) is 3.90. The summed E-state index contributed by atoms with van der Waals surface area (Å²) in [6.07, 6.45) is -1.73. The van der Waals surface area contributed by atoms with Crippen LogP contribution in [-0.2, 0) is 29.2 Å². The number of hydrogen-bond acceptors (Lipinski definition) is 7. The average molecular weight is 296 g/mol. The molecule has 1 fully saturated rings. The minimum Gasteiger partial charge on any atom is -0.469 e. The maximum Gasteiger partial charge on any atom is 0.421 e. The number of rotatable bonds is 4. The smallest absolute Gasteiger partial charge is 0.421 e. The zero-order valence-electron chi connectivity index (χ0n) is 10.6. The van der Waals surface area contributed by atoms with Gasteiger partial charge in [-0.3, -0.25) is 4.79 Å². The SMILES string of the molecule is COC(=O)CC1CN(S(=O)(=O)NC(=O)OC)CCO1. The number of morpholine rings is 1. The molecule has 1 rings (SSSR count). The van der Waals surface area contributed by atoms with Gasteiger partial charge in [-0.05, 0) is 0 Å². The molecule has 0 saturated carbocycles. The predicted octanol–water partition coefficient (Wildman–Crippen LogP) is -1.15. The van der Waals surface area contributed by atoms with Crippen molar-refractivity contribution in [2.45, 2.75) is 12.5 Å². The first-order valence-corrected chi connectivity index (χ1v) is 6.87. The first kappa shape index (κ1) is 15.7. The molecule has 1 atom stereocenters. The fraction of sp³-hybridized carbons (Fsp3) is 0.778. The number of esters is 1. The summed E-state index contributed by atoms with van der Waals surface area (Å²) in [5.41, 5.74) is 0. The Hall–Kier alpha value is -1.39. The standard InChI is InChI=1S/C9H16N2O7S/c1-16-8(12)5-7-6-11(3-4-18-7)19(14,15)10-9(13)17-2/h7H,3-6H2,1-2H3,(H,10,13). The van der Waals surface area contributed by atoms with Crippen LogP contribution in [0.3, 0.4) is 0 Å². The molecule has 1 saturated heterocycles. The molecule has 0 radical (unpaired) electrons. The number of amides is 1. The van der Waals surface area contributed by atoms with E-state index in [0.717, 1.165) is 11.4 Å². The van der Waals surface area contributed by atoms with E-state index >= 15 is 0 Å². The highest BCUT2D eigenvalue weighted by Gasteiger charge is 2.32. The molecular formula is C9H16N2O7S. The molecule has 1 N–H and O–H groups in total. The minimum atomic E-state index is -3.99. The summed E-state index contributed by atoms with van der Waals surface area (Å²) >= 11 is 0. The first-order valence-electron chi connectivity index (χ1n) is 5.43. The van der Waals surface area contributed by atoms with Crippen LogP contribution in [-0.4, -0.2) is 64.8 Å². The fourth-order valence-corrected chi connectivity index (χ4v) is 2.62. The van der Waals surface area contributed by atoms with Gasteiger partial charge in [0, 0.05) is 13.1 Å². The molecule has 19 heavy (non-hydrogen) atoms. The third-order valence-electron chi connectivity index (χ3n) is 2.46. The molecule has 1 aliphatic rings. The van der Waals surface area contributed by atoms with Crippen LogP contribution in [0.4, 0.5) is 4.79 Å². The summed E-state index contributed by atoms with van der Waals surface area (Å²) in [5, 5.41) is 0. The van der Waals surface area contributed by atoms with Gasteiger partial charge in [0.25, 0.3) is 0 Å². The van der Waals surface area contributed by atoms with Crippen molar-refractivity contribution in [1.82, 2.24) is 9.03 Å². The van der Waals surface area contributed by atoms with Gasteiger partial charge in [-0.2, -0.15) is 12.7 Å². The van der Waals surface area contributed by atoms with Gasteiger partial charge < -0.3 is 14.2 Å². The normalized spacial score (nSPS) is 20.6. The van der Waals surface area contributed by atoms with Gasteiger partial charge in [-0.25, -0.2) is 9.52 Å². The molecule has 0 aliphatic carbocycles. The van der Waals surface area contributed by atoms with Crippen LogP contribution in [0.1, 0.15) is 6.42 Å². The highest BCUT2D eigenvalue weighted by Crippen LogP contribution is 2.12. The van der Waals surface area contributed by atoms with Gasteiger partial charge >= 0.3 is 22.3 Å². The van der Waals surface area contributed by atoms with E-state index in [9.17, 15) is 18.0 Å². The monoisotopic (exact) mass is 296 g/mol. The Kier molecular flexibility index (Phi) is 5.51. The first-order chi connectivity index (χ1) is 8.89. The topological polar surface area (TPSA) is 111 Å². The van der Waals surface area contributed by atoms with Crippen molar-refractivity contribution in [2.75, 3.05) is 33.9 Å². The average Bonchev–Trinajstić information content (AvgIpc) is 2.38. The van der Waals surface area contributed by atoms with Gasteiger partial charge in [0.2, 0.25) is 0 Å². The maximum absolute atomic E-state index is 11.8. The number of hydrogen-bond donors (Lipinski definition) is 1.